The van der Waals surface area contributed by atoms with Gasteiger partial charge < -0.3 is 25.6 Å². The molecule has 0 spiro atoms. The average molecular weight is 603 g/mol. The van der Waals surface area contributed by atoms with Gasteiger partial charge in [0.15, 0.2) is 5.78 Å². The zero-order valence-electron chi connectivity index (χ0n) is 21.2. The van der Waals surface area contributed by atoms with Gasteiger partial charge in [0.2, 0.25) is 0 Å². The molecular weight excluding hydrogens is 577 g/mol. The number of aromatic nitrogens is 1. The van der Waals surface area contributed by atoms with E-state index >= 15 is 0 Å². The molecule has 40 heavy (non-hydrogen) atoms. The predicted octanol–water partition coefficient (Wildman–Crippen LogP) is 5.57. The Bertz CT molecular complexity index is 1490. The van der Waals surface area contributed by atoms with Crippen molar-refractivity contribution < 1.29 is 24.5 Å². The van der Waals surface area contributed by atoms with Gasteiger partial charge in [0.25, 0.3) is 0 Å². The Balaban J connectivity index is 1.33. The molecule has 11 heteroatoms. The van der Waals surface area contributed by atoms with Crippen LogP contribution in [0.1, 0.15) is 40.7 Å². The number of benzene rings is 2. The van der Waals surface area contributed by atoms with Gasteiger partial charge in [-0.3, -0.25) is 4.79 Å². The highest BCUT2D eigenvalue weighted by Crippen LogP contribution is 2.40. The molecule has 1 aliphatic carbocycles. The van der Waals surface area contributed by atoms with Crippen molar-refractivity contribution in [3.63, 3.8) is 0 Å². The minimum atomic E-state index is -1.25. The van der Waals surface area contributed by atoms with Crippen LogP contribution in [-0.4, -0.2) is 46.6 Å². The third kappa shape index (κ3) is 5.76. The van der Waals surface area contributed by atoms with E-state index in [1.54, 1.807) is 42.5 Å². The van der Waals surface area contributed by atoms with E-state index in [4.69, 9.17) is 50.4 Å². The number of rotatable bonds is 9. The number of halogens is 3. The van der Waals surface area contributed by atoms with E-state index in [1.807, 2.05) is 4.90 Å². The monoisotopic (exact) mass is 601 g/mol. The Hall–Kier alpha value is -3.30. The molecule has 2 aliphatic rings. The maximum absolute atomic E-state index is 13.1. The van der Waals surface area contributed by atoms with E-state index in [-0.39, 0.29) is 36.1 Å². The summed E-state index contributed by atoms with van der Waals surface area (Å²) in [6, 6.07) is 13.1. The number of ether oxygens (including phenoxy) is 1. The van der Waals surface area contributed by atoms with Crippen LogP contribution >= 0.6 is 34.8 Å². The van der Waals surface area contributed by atoms with Crippen molar-refractivity contribution in [2.24, 2.45) is 11.7 Å². The van der Waals surface area contributed by atoms with E-state index in [0.717, 1.165) is 12.8 Å². The van der Waals surface area contributed by atoms with Crippen LogP contribution in [0.2, 0.25) is 15.1 Å². The van der Waals surface area contributed by atoms with Crippen molar-refractivity contribution in [3.8, 4) is 5.75 Å². The second-order valence-corrected chi connectivity index (χ2v) is 11.2. The summed E-state index contributed by atoms with van der Waals surface area (Å²) < 4.78 is 5.96. The van der Waals surface area contributed by atoms with Crippen LogP contribution in [-0.2, 0) is 10.4 Å². The average Bonchev–Trinajstić information content (AvgIpc) is 3.70. The van der Waals surface area contributed by atoms with Gasteiger partial charge in [0.05, 0.1) is 38.4 Å². The number of nitrogens with zero attached hydrogens (tertiary/aromatic N) is 2. The van der Waals surface area contributed by atoms with Crippen LogP contribution < -0.4 is 15.4 Å². The minimum Gasteiger partial charge on any atom is -0.489 e. The molecule has 208 valence electrons. The number of pyridine rings is 1. The van der Waals surface area contributed by atoms with Crippen molar-refractivity contribution >= 4 is 58.1 Å². The van der Waals surface area contributed by atoms with Gasteiger partial charge in [-0.1, -0.05) is 46.9 Å². The molecule has 1 saturated heterocycles. The molecule has 4 N–H and O–H groups in total. The molecule has 1 aliphatic heterocycles. The summed E-state index contributed by atoms with van der Waals surface area (Å²) in [5, 5.41) is 21.5. The Morgan fingerprint density at radius 2 is 1.80 bits per heavy atom. The molecule has 0 bridgehead atoms. The van der Waals surface area contributed by atoms with Gasteiger partial charge in [-0.25, -0.2) is 9.78 Å². The number of aromatic carboxylic acids is 1. The summed E-state index contributed by atoms with van der Waals surface area (Å²) in [5.41, 5.74) is 6.66. The molecule has 2 aromatic carbocycles. The molecule has 5 rings (SSSR count). The number of hydrogen-bond donors (Lipinski definition) is 3. The lowest BCUT2D eigenvalue weighted by Gasteiger charge is -2.25. The molecular formula is C29H26Cl3N3O5. The van der Waals surface area contributed by atoms with Crippen molar-refractivity contribution in [1.29, 1.82) is 0 Å². The van der Waals surface area contributed by atoms with Gasteiger partial charge in [0.1, 0.15) is 23.8 Å². The topological polar surface area (TPSA) is 126 Å². The van der Waals surface area contributed by atoms with Crippen molar-refractivity contribution in [2.75, 3.05) is 24.6 Å². The number of carboxylic acid groups (broad SMARTS) is 1. The van der Waals surface area contributed by atoms with Crippen molar-refractivity contribution in [1.82, 2.24) is 4.98 Å². The number of hydrogen-bond acceptors (Lipinski definition) is 7. The second-order valence-electron chi connectivity index (χ2n) is 9.97. The van der Waals surface area contributed by atoms with Gasteiger partial charge in [0, 0.05) is 29.8 Å². The second kappa shape index (κ2) is 11.3. The lowest BCUT2D eigenvalue weighted by molar-refractivity contribution is -0.116. The maximum atomic E-state index is 13.1. The van der Waals surface area contributed by atoms with Crippen LogP contribution in [0.5, 0.6) is 5.75 Å². The fourth-order valence-corrected chi connectivity index (χ4v) is 5.75. The summed E-state index contributed by atoms with van der Waals surface area (Å²) >= 11 is 19.3. The molecule has 1 unspecified atom stereocenters. The molecule has 2 heterocycles. The fraction of sp³-hybridized carbons (Fsp3) is 0.276. The Labute approximate surface area is 245 Å². The molecule has 0 radical (unpaired) electrons. The number of ketones is 1. The standard InChI is InChI=1S/C29H26Cl3N3O5/c30-21-2-1-3-22(31)25(21)26(33)19(27(36)16-4-5-16)14-40-18-7-8-20(23(32)12-18)29(39)10-11-35(15-29)24-9-6-17(13-34-24)28(37)38/h1-3,6-9,12-13,16,39H,4-5,10-11,14-15,33H2,(H,37,38). The fourth-order valence-electron chi connectivity index (χ4n) is 4.81. The van der Waals surface area contributed by atoms with Crippen LogP contribution in [0.15, 0.2) is 60.3 Å². The van der Waals surface area contributed by atoms with E-state index in [9.17, 15) is 14.7 Å². The number of β-amino-alcohol motifs (C(OH)–C–C–N with tert-alkyl or cyclic N) is 1. The van der Waals surface area contributed by atoms with Gasteiger partial charge in [-0.2, -0.15) is 0 Å². The van der Waals surface area contributed by atoms with Crippen LogP contribution in [0, 0.1) is 5.92 Å². The summed E-state index contributed by atoms with van der Waals surface area (Å²) in [7, 11) is 0. The number of carbonyl (C=O) groups excluding carboxylic acids is 1. The lowest BCUT2D eigenvalue weighted by Crippen LogP contribution is -2.31. The van der Waals surface area contributed by atoms with E-state index in [0.29, 0.717) is 56.3 Å². The number of aliphatic hydroxyl groups is 1. The van der Waals surface area contributed by atoms with Crippen LogP contribution in [0.25, 0.3) is 5.70 Å². The quantitative estimate of drug-likeness (QED) is 0.272. The number of Topliss-reactive ketones (excluding diaryl/α,β-unsaturated/α-hetero) is 1. The normalized spacial score (nSPS) is 19.4. The van der Waals surface area contributed by atoms with Crippen molar-refractivity contribution in [3.05, 3.63) is 92.1 Å². The Morgan fingerprint density at radius 3 is 2.40 bits per heavy atom. The zero-order valence-corrected chi connectivity index (χ0v) is 23.5. The van der Waals surface area contributed by atoms with Crippen LogP contribution in [0.4, 0.5) is 5.82 Å². The molecule has 0 amide bonds. The molecule has 1 aromatic heterocycles. The highest BCUT2D eigenvalue weighted by atomic mass is 35.5. The summed E-state index contributed by atoms with van der Waals surface area (Å²) in [6.45, 7) is 0.629. The van der Waals surface area contributed by atoms with E-state index < -0.39 is 11.6 Å². The van der Waals surface area contributed by atoms with E-state index in [1.165, 1.54) is 12.3 Å². The summed E-state index contributed by atoms with van der Waals surface area (Å²) in [6.07, 6.45) is 3.27. The first-order chi connectivity index (χ1) is 19.1. The zero-order chi connectivity index (χ0) is 28.6. The number of carboxylic acids is 1. The molecule has 2 fully saturated rings. The van der Waals surface area contributed by atoms with Gasteiger partial charge in [-0.05, 0) is 55.7 Å². The maximum Gasteiger partial charge on any atom is 0.337 e. The third-order valence-electron chi connectivity index (χ3n) is 7.19. The number of carbonyl (C=O) groups is 2. The lowest BCUT2D eigenvalue weighted by atomic mass is 9.93. The first-order valence-electron chi connectivity index (χ1n) is 12.6. The first-order valence-corrected chi connectivity index (χ1v) is 13.8. The Morgan fingerprint density at radius 1 is 1.07 bits per heavy atom. The molecule has 8 nitrogen and oxygen atoms in total. The minimum absolute atomic E-state index is 0.0883. The predicted molar refractivity (Wildman–Crippen MR) is 154 cm³/mol. The molecule has 1 atom stereocenters. The summed E-state index contributed by atoms with van der Waals surface area (Å²) in [4.78, 5) is 30.3. The van der Waals surface area contributed by atoms with E-state index in [2.05, 4.69) is 4.98 Å². The Kier molecular flexibility index (Phi) is 7.97. The van der Waals surface area contributed by atoms with Crippen molar-refractivity contribution in [2.45, 2.75) is 24.9 Å². The largest absolute Gasteiger partial charge is 0.489 e. The third-order valence-corrected chi connectivity index (χ3v) is 8.14. The highest BCUT2D eigenvalue weighted by Gasteiger charge is 2.40. The SMILES string of the molecule is NC(=C(COc1ccc(C2(O)CCN(c3ccc(C(=O)O)cn3)C2)c(Cl)c1)C(=O)C1CC1)c1c(Cl)cccc1Cl. The molecule has 3 aromatic rings. The summed E-state index contributed by atoms with van der Waals surface area (Å²) in [5.74, 6) is -0.286. The van der Waals surface area contributed by atoms with Crippen LogP contribution in [0.3, 0.4) is 0 Å². The van der Waals surface area contributed by atoms with Gasteiger partial charge in [-0.15, -0.1) is 0 Å². The number of nitrogens with two attached hydrogens (primary N) is 1. The first kappa shape index (κ1) is 28.2. The number of anilines is 1. The van der Waals surface area contributed by atoms with Gasteiger partial charge >= 0.3 is 5.97 Å². The highest BCUT2D eigenvalue weighted by molar-refractivity contribution is 6.37. The smallest absolute Gasteiger partial charge is 0.337 e. The molecule has 1 saturated carbocycles.